The van der Waals surface area contributed by atoms with Crippen molar-refractivity contribution in [1.82, 2.24) is 10.2 Å². The maximum atomic E-state index is 11.9. The van der Waals surface area contributed by atoms with Gasteiger partial charge in [-0.1, -0.05) is 18.2 Å². The van der Waals surface area contributed by atoms with Crippen LogP contribution in [0.1, 0.15) is 35.2 Å². The second kappa shape index (κ2) is 6.93. The molecule has 1 aliphatic heterocycles. The SMILES string of the molecule is O=C(O)c1ccccc1CCNC(=O)N1CCCCC1. The molecule has 1 saturated heterocycles. The summed E-state index contributed by atoms with van der Waals surface area (Å²) in [6.07, 6.45) is 3.85. The number of amides is 2. The van der Waals surface area contributed by atoms with E-state index in [2.05, 4.69) is 5.32 Å². The Bertz CT molecular complexity index is 482. The first-order valence-corrected chi connectivity index (χ1v) is 7.02. The highest BCUT2D eigenvalue weighted by atomic mass is 16.4. The lowest BCUT2D eigenvalue weighted by Gasteiger charge is -2.26. The van der Waals surface area contributed by atoms with E-state index < -0.39 is 5.97 Å². The molecule has 0 bridgehead atoms. The Morgan fingerprint density at radius 1 is 1.15 bits per heavy atom. The fourth-order valence-corrected chi connectivity index (χ4v) is 2.46. The number of urea groups is 1. The predicted octanol–water partition coefficient (Wildman–Crippen LogP) is 2.12. The van der Waals surface area contributed by atoms with Gasteiger partial charge in [-0.05, 0) is 37.3 Å². The summed E-state index contributed by atoms with van der Waals surface area (Å²) < 4.78 is 0. The summed E-state index contributed by atoms with van der Waals surface area (Å²) in [4.78, 5) is 24.8. The molecule has 2 N–H and O–H groups in total. The van der Waals surface area contributed by atoms with Crippen LogP contribution in [0, 0.1) is 0 Å². The molecule has 5 heteroatoms. The third kappa shape index (κ3) is 3.73. The zero-order valence-corrected chi connectivity index (χ0v) is 11.5. The number of likely N-dealkylation sites (tertiary alicyclic amines) is 1. The number of carboxylic acids is 1. The van der Waals surface area contributed by atoms with Crippen LogP contribution in [-0.4, -0.2) is 41.6 Å². The zero-order valence-electron chi connectivity index (χ0n) is 11.5. The van der Waals surface area contributed by atoms with Crippen LogP contribution in [0.15, 0.2) is 24.3 Å². The lowest BCUT2D eigenvalue weighted by molar-refractivity contribution is 0.0695. The summed E-state index contributed by atoms with van der Waals surface area (Å²) in [5, 5.41) is 11.9. The van der Waals surface area contributed by atoms with E-state index in [0.717, 1.165) is 31.5 Å². The van der Waals surface area contributed by atoms with E-state index in [4.69, 9.17) is 5.11 Å². The minimum atomic E-state index is -0.928. The lowest BCUT2D eigenvalue weighted by atomic mass is 10.0. The van der Waals surface area contributed by atoms with E-state index in [1.54, 1.807) is 18.2 Å². The number of benzene rings is 1. The van der Waals surface area contributed by atoms with Crippen molar-refractivity contribution in [3.8, 4) is 0 Å². The van der Waals surface area contributed by atoms with Gasteiger partial charge in [0.05, 0.1) is 5.56 Å². The van der Waals surface area contributed by atoms with Gasteiger partial charge >= 0.3 is 12.0 Å². The normalized spacial score (nSPS) is 14.9. The average Bonchev–Trinajstić information content (AvgIpc) is 2.48. The molecule has 0 atom stereocenters. The first-order chi connectivity index (χ1) is 9.68. The Labute approximate surface area is 118 Å². The molecule has 1 aromatic carbocycles. The van der Waals surface area contributed by atoms with E-state index in [-0.39, 0.29) is 6.03 Å². The third-order valence-electron chi connectivity index (χ3n) is 3.56. The van der Waals surface area contributed by atoms with E-state index in [1.807, 2.05) is 11.0 Å². The number of carbonyl (C=O) groups excluding carboxylic acids is 1. The fourth-order valence-electron chi connectivity index (χ4n) is 2.46. The van der Waals surface area contributed by atoms with Gasteiger partial charge in [0.2, 0.25) is 0 Å². The van der Waals surface area contributed by atoms with Gasteiger partial charge in [-0.25, -0.2) is 9.59 Å². The molecule has 1 heterocycles. The van der Waals surface area contributed by atoms with Crippen LogP contribution in [0.3, 0.4) is 0 Å². The zero-order chi connectivity index (χ0) is 14.4. The monoisotopic (exact) mass is 276 g/mol. The average molecular weight is 276 g/mol. The van der Waals surface area contributed by atoms with Crippen molar-refractivity contribution in [2.45, 2.75) is 25.7 Å². The molecule has 20 heavy (non-hydrogen) atoms. The van der Waals surface area contributed by atoms with Gasteiger partial charge in [0, 0.05) is 19.6 Å². The Morgan fingerprint density at radius 2 is 1.85 bits per heavy atom. The number of nitrogens with zero attached hydrogens (tertiary/aromatic N) is 1. The number of hydrogen-bond donors (Lipinski definition) is 2. The van der Waals surface area contributed by atoms with Crippen molar-refractivity contribution in [1.29, 1.82) is 0 Å². The number of piperidine rings is 1. The quantitative estimate of drug-likeness (QED) is 0.885. The molecule has 1 aromatic rings. The highest BCUT2D eigenvalue weighted by Gasteiger charge is 2.16. The maximum absolute atomic E-state index is 11.9. The van der Waals surface area contributed by atoms with Crippen molar-refractivity contribution in [3.05, 3.63) is 35.4 Å². The van der Waals surface area contributed by atoms with E-state index in [1.165, 1.54) is 6.42 Å². The Kier molecular flexibility index (Phi) is 4.98. The second-order valence-electron chi connectivity index (χ2n) is 4.99. The van der Waals surface area contributed by atoms with Crippen LogP contribution >= 0.6 is 0 Å². The molecular formula is C15H20N2O3. The molecule has 0 radical (unpaired) electrons. The van der Waals surface area contributed by atoms with Crippen LogP contribution in [0.25, 0.3) is 0 Å². The van der Waals surface area contributed by atoms with E-state index >= 15 is 0 Å². The second-order valence-corrected chi connectivity index (χ2v) is 4.99. The highest BCUT2D eigenvalue weighted by Crippen LogP contribution is 2.10. The van der Waals surface area contributed by atoms with E-state index in [9.17, 15) is 9.59 Å². The van der Waals surface area contributed by atoms with Crippen molar-refractivity contribution >= 4 is 12.0 Å². The van der Waals surface area contributed by atoms with Gasteiger partial charge in [-0.3, -0.25) is 0 Å². The molecule has 2 rings (SSSR count). The number of rotatable bonds is 4. The minimum absolute atomic E-state index is 0.0440. The molecule has 0 saturated carbocycles. The Morgan fingerprint density at radius 3 is 2.55 bits per heavy atom. The van der Waals surface area contributed by atoms with Crippen LogP contribution in [0.4, 0.5) is 4.79 Å². The van der Waals surface area contributed by atoms with Gasteiger partial charge in [0.1, 0.15) is 0 Å². The maximum Gasteiger partial charge on any atom is 0.335 e. The summed E-state index contributed by atoms with van der Waals surface area (Å²) in [5.41, 5.74) is 1.05. The topological polar surface area (TPSA) is 69.6 Å². The standard InChI is InChI=1S/C15H20N2O3/c18-14(19)13-7-3-2-6-12(13)8-9-16-15(20)17-10-4-1-5-11-17/h2-3,6-7H,1,4-5,8-11H2,(H,16,20)(H,18,19). The smallest absolute Gasteiger partial charge is 0.335 e. The molecule has 0 aliphatic carbocycles. The van der Waals surface area contributed by atoms with Crippen molar-refractivity contribution in [2.75, 3.05) is 19.6 Å². The predicted molar refractivity (Wildman–Crippen MR) is 75.9 cm³/mol. The van der Waals surface area contributed by atoms with Crippen LogP contribution < -0.4 is 5.32 Å². The van der Waals surface area contributed by atoms with Gasteiger partial charge < -0.3 is 15.3 Å². The summed E-state index contributed by atoms with van der Waals surface area (Å²) >= 11 is 0. The van der Waals surface area contributed by atoms with E-state index in [0.29, 0.717) is 18.5 Å². The van der Waals surface area contributed by atoms with Gasteiger partial charge in [-0.2, -0.15) is 0 Å². The third-order valence-corrected chi connectivity index (χ3v) is 3.56. The largest absolute Gasteiger partial charge is 0.478 e. The minimum Gasteiger partial charge on any atom is -0.478 e. The Hall–Kier alpha value is -2.04. The molecule has 1 fully saturated rings. The summed E-state index contributed by atoms with van der Waals surface area (Å²) in [6, 6.07) is 6.85. The molecule has 0 aromatic heterocycles. The molecule has 2 amide bonds. The number of hydrogen-bond acceptors (Lipinski definition) is 2. The first-order valence-electron chi connectivity index (χ1n) is 7.02. The van der Waals surface area contributed by atoms with Crippen LogP contribution in [0.2, 0.25) is 0 Å². The first kappa shape index (κ1) is 14.4. The number of aromatic carboxylic acids is 1. The van der Waals surface area contributed by atoms with Gasteiger partial charge in [0.25, 0.3) is 0 Å². The summed E-state index contributed by atoms with van der Waals surface area (Å²) in [5.74, 6) is -0.928. The molecule has 5 nitrogen and oxygen atoms in total. The lowest BCUT2D eigenvalue weighted by Crippen LogP contribution is -2.43. The van der Waals surface area contributed by atoms with Crippen molar-refractivity contribution in [3.63, 3.8) is 0 Å². The van der Waals surface area contributed by atoms with Crippen molar-refractivity contribution in [2.24, 2.45) is 0 Å². The van der Waals surface area contributed by atoms with Crippen LogP contribution in [-0.2, 0) is 6.42 Å². The number of carbonyl (C=O) groups is 2. The molecule has 108 valence electrons. The fraction of sp³-hybridized carbons (Fsp3) is 0.467. The van der Waals surface area contributed by atoms with Crippen molar-refractivity contribution < 1.29 is 14.7 Å². The van der Waals surface area contributed by atoms with Crippen LogP contribution in [0.5, 0.6) is 0 Å². The summed E-state index contributed by atoms with van der Waals surface area (Å²) in [7, 11) is 0. The Balaban J connectivity index is 1.83. The number of carboxylic acid groups (broad SMARTS) is 1. The molecule has 1 aliphatic rings. The number of nitrogens with one attached hydrogen (secondary N) is 1. The molecular weight excluding hydrogens is 256 g/mol. The molecule has 0 unspecified atom stereocenters. The van der Waals surface area contributed by atoms with Gasteiger partial charge in [-0.15, -0.1) is 0 Å². The highest BCUT2D eigenvalue weighted by molar-refractivity contribution is 5.89. The molecule has 0 spiro atoms. The van der Waals surface area contributed by atoms with Gasteiger partial charge in [0.15, 0.2) is 0 Å². The summed E-state index contributed by atoms with van der Waals surface area (Å²) in [6.45, 7) is 2.09.